The van der Waals surface area contributed by atoms with Gasteiger partial charge in [-0.1, -0.05) is 37.1 Å². The van der Waals surface area contributed by atoms with Gasteiger partial charge in [-0.2, -0.15) is 0 Å². The fourth-order valence-electron chi connectivity index (χ4n) is 5.02. The van der Waals surface area contributed by atoms with Crippen LogP contribution in [-0.2, 0) is 24.6 Å². The molecule has 0 bridgehead atoms. The molecule has 2 aliphatic rings. The molecule has 0 amide bonds. The Balaban J connectivity index is 1.77. The third-order valence-corrected chi connectivity index (χ3v) is 6.64. The summed E-state index contributed by atoms with van der Waals surface area (Å²) in [5, 5.41) is 12.1. The highest BCUT2D eigenvalue weighted by Gasteiger charge is 2.60. The van der Waals surface area contributed by atoms with E-state index in [9.17, 15) is 19.5 Å². The molecule has 1 aliphatic heterocycles. The highest BCUT2D eigenvalue weighted by atomic mass is 16.6. The number of carbonyl (C=O) groups excluding carboxylic acids is 3. The lowest BCUT2D eigenvalue weighted by molar-refractivity contribution is -0.145. The fourth-order valence-corrected chi connectivity index (χ4v) is 5.02. The Labute approximate surface area is 186 Å². The van der Waals surface area contributed by atoms with E-state index in [0.29, 0.717) is 22.3 Å². The fraction of sp³-hybridized carbons (Fsp3) is 0.400. The van der Waals surface area contributed by atoms with E-state index in [4.69, 9.17) is 14.2 Å². The first-order valence-corrected chi connectivity index (χ1v) is 10.7. The van der Waals surface area contributed by atoms with E-state index < -0.39 is 35.5 Å². The van der Waals surface area contributed by atoms with E-state index in [1.807, 2.05) is 0 Å². The Morgan fingerprint density at radius 1 is 0.906 bits per heavy atom. The normalized spacial score (nSPS) is 25.4. The molecular weight excluding hydrogens is 412 g/mol. The minimum atomic E-state index is -1.62. The van der Waals surface area contributed by atoms with Crippen LogP contribution in [-0.4, -0.2) is 37.2 Å². The van der Waals surface area contributed by atoms with Crippen LogP contribution in [0.15, 0.2) is 48.5 Å². The van der Waals surface area contributed by atoms with E-state index in [2.05, 4.69) is 0 Å². The third kappa shape index (κ3) is 3.66. The van der Waals surface area contributed by atoms with Gasteiger partial charge in [-0.25, -0.2) is 9.59 Å². The number of aliphatic hydroxyl groups is 1. The van der Waals surface area contributed by atoms with Crippen molar-refractivity contribution in [3.8, 4) is 0 Å². The second-order valence-electron chi connectivity index (χ2n) is 8.35. The Bertz CT molecular complexity index is 1010. The highest BCUT2D eigenvalue weighted by Crippen LogP contribution is 2.54. The monoisotopic (exact) mass is 438 g/mol. The summed E-state index contributed by atoms with van der Waals surface area (Å²) in [5.74, 6) is -2.10. The molecule has 0 unspecified atom stereocenters. The number of hydrogen-bond acceptors (Lipinski definition) is 7. The topological polar surface area (TPSA) is 99.1 Å². The quantitative estimate of drug-likeness (QED) is 0.563. The number of ether oxygens (including phenoxy) is 3. The van der Waals surface area contributed by atoms with Crippen LogP contribution in [0.4, 0.5) is 0 Å². The van der Waals surface area contributed by atoms with Gasteiger partial charge in [0.15, 0.2) is 6.10 Å². The van der Waals surface area contributed by atoms with Gasteiger partial charge in [0.2, 0.25) is 0 Å². The van der Waals surface area contributed by atoms with Gasteiger partial charge in [0.05, 0.1) is 31.3 Å². The van der Waals surface area contributed by atoms with E-state index in [-0.39, 0.29) is 5.92 Å². The van der Waals surface area contributed by atoms with Gasteiger partial charge < -0.3 is 19.3 Å². The van der Waals surface area contributed by atoms with Gasteiger partial charge in [-0.3, -0.25) is 4.79 Å². The Morgan fingerprint density at radius 3 is 1.91 bits per heavy atom. The molecule has 0 radical (unpaired) electrons. The number of benzene rings is 2. The summed E-state index contributed by atoms with van der Waals surface area (Å²) in [6.45, 7) is 0. The molecule has 4 rings (SSSR count). The van der Waals surface area contributed by atoms with Gasteiger partial charge in [0, 0.05) is 0 Å². The van der Waals surface area contributed by atoms with Gasteiger partial charge in [-0.05, 0) is 54.2 Å². The van der Waals surface area contributed by atoms with E-state index in [1.165, 1.54) is 14.2 Å². The van der Waals surface area contributed by atoms with E-state index in [0.717, 1.165) is 25.7 Å². The van der Waals surface area contributed by atoms with Gasteiger partial charge in [-0.15, -0.1) is 0 Å². The lowest BCUT2D eigenvalue weighted by Gasteiger charge is -2.35. The first kappa shape index (κ1) is 22.0. The number of cyclic esters (lactones) is 1. The average molecular weight is 438 g/mol. The van der Waals surface area contributed by atoms with E-state index >= 15 is 0 Å². The van der Waals surface area contributed by atoms with Crippen LogP contribution in [0.3, 0.4) is 0 Å². The highest BCUT2D eigenvalue weighted by molar-refractivity contribution is 5.90. The second-order valence-corrected chi connectivity index (χ2v) is 8.35. The standard InChI is InChI=1S/C25H26O7/c1-30-22(26)17-9-7-16(8-10-17)21-25(29,19-13-11-18(12-14-19)23(27)31-2)20(24(28)32-21)15-5-3-4-6-15/h7-15,20-21,29H,3-6H2,1-2H3/t20-,21-,25-/m1/s1. The molecule has 2 aromatic rings. The average Bonchev–Trinajstić information content (AvgIpc) is 3.44. The van der Waals surface area contributed by atoms with Crippen molar-refractivity contribution in [2.75, 3.05) is 14.2 Å². The maximum atomic E-state index is 13.0. The number of rotatable bonds is 5. The zero-order valence-corrected chi connectivity index (χ0v) is 18.1. The smallest absolute Gasteiger partial charge is 0.337 e. The maximum absolute atomic E-state index is 13.0. The van der Waals surface area contributed by atoms with Crippen LogP contribution in [0, 0.1) is 11.8 Å². The molecule has 0 aromatic heterocycles. The van der Waals surface area contributed by atoms with Crippen LogP contribution < -0.4 is 0 Å². The Kier molecular flexibility index (Phi) is 6.02. The molecule has 2 aromatic carbocycles. The van der Waals surface area contributed by atoms with Crippen molar-refractivity contribution in [3.63, 3.8) is 0 Å². The summed E-state index contributed by atoms with van der Waals surface area (Å²) < 4.78 is 15.3. The third-order valence-electron chi connectivity index (χ3n) is 6.64. The summed E-state index contributed by atoms with van der Waals surface area (Å²) in [5.41, 5.74) is 0.162. The summed E-state index contributed by atoms with van der Waals surface area (Å²) in [4.78, 5) is 36.7. The molecule has 168 valence electrons. The van der Waals surface area contributed by atoms with Crippen LogP contribution in [0.1, 0.15) is 63.6 Å². The zero-order valence-electron chi connectivity index (χ0n) is 18.1. The molecular formula is C25H26O7. The predicted molar refractivity (Wildman–Crippen MR) is 114 cm³/mol. The molecule has 3 atom stereocenters. The van der Waals surface area contributed by atoms with Crippen LogP contribution in [0.25, 0.3) is 0 Å². The maximum Gasteiger partial charge on any atom is 0.337 e. The van der Waals surface area contributed by atoms with E-state index in [1.54, 1.807) is 48.5 Å². The summed E-state index contributed by atoms with van der Waals surface area (Å²) in [6.07, 6.45) is 2.75. The zero-order chi connectivity index (χ0) is 22.9. The van der Waals surface area contributed by atoms with Gasteiger partial charge in [0.1, 0.15) is 5.60 Å². The number of esters is 3. The SMILES string of the molecule is COC(=O)c1ccc([C@H]2OC(=O)[C@@H](C3CCCC3)[C@]2(O)c2ccc(C(=O)OC)cc2)cc1. The van der Waals surface area contributed by atoms with Crippen molar-refractivity contribution in [2.45, 2.75) is 37.4 Å². The minimum absolute atomic E-state index is 0.00660. The minimum Gasteiger partial charge on any atom is -0.465 e. The van der Waals surface area contributed by atoms with Crippen LogP contribution in [0.2, 0.25) is 0 Å². The van der Waals surface area contributed by atoms with Gasteiger partial charge >= 0.3 is 17.9 Å². The Morgan fingerprint density at radius 2 is 1.41 bits per heavy atom. The number of methoxy groups -OCH3 is 2. The molecule has 1 heterocycles. The van der Waals surface area contributed by atoms with Crippen LogP contribution >= 0.6 is 0 Å². The van der Waals surface area contributed by atoms with Crippen molar-refractivity contribution < 1.29 is 33.7 Å². The lowest BCUT2D eigenvalue weighted by Crippen LogP contribution is -2.40. The predicted octanol–water partition coefficient (Wildman–Crippen LogP) is 3.55. The molecule has 0 spiro atoms. The van der Waals surface area contributed by atoms with Crippen molar-refractivity contribution in [3.05, 3.63) is 70.8 Å². The number of hydrogen-bond donors (Lipinski definition) is 1. The van der Waals surface area contributed by atoms with Crippen molar-refractivity contribution in [1.82, 2.24) is 0 Å². The molecule has 32 heavy (non-hydrogen) atoms. The molecule has 1 saturated carbocycles. The molecule has 2 fully saturated rings. The first-order valence-electron chi connectivity index (χ1n) is 10.7. The summed E-state index contributed by atoms with van der Waals surface area (Å²) in [7, 11) is 2.61. The molecule has 1 N–H and O–H groups in total. The molecule has 7 nitrogen and oxygen atoms in total. The van der Waals surface area contributed by atoms with Gasteiger partial charge in [0.25, 0.3) is 0 Å². The molecule has 1 aliphatic carbocycles. The lowest BCUT2D eigenvalue weighted by atomic mass is 9.71. The summed E-state index contributed by atoms with van der Waals surface area (Å²) >= 11 is 0. The second kappa shape index (κ2) is 8.74. The van der Waals surface area contributed by atoms with Crippen LogP contribution in [0.5, 0.6) is 0 Å². The number of carbonyl (C=O) groups is 3. The largest absolute Gasteiger partial charge is 0.465 e. The van der Waals surface area contributed by atoms with Crippen molar-refractivity contribution in [1.29, 1.82) is 0 Å². The molecule has 1 saturated heterocycles. The Hall–Kier alpha value is -3.19. The summed E-state index contributed by atoms with van der Waals surface area (Å²) in [6, 6.07) is 12.9. The first-order chi connectivity index (χ1) is 15.4. The molecule has 7 heteroatoms. The van der Waals surface area contributed by atoms with Crippen molar-refractivity contribution >= 4 is 17.9 Å². The van der Waals surface area contributed by atoms with Crippen molar-refractivity contribution in [2.24, 2.45) is 11.8 Å².